The van der Waals surface area contributed by atoms with Crippen molar-refractivity contribution in [3.8, 4) is 11.1 Å². The molecular formula is C15H18BN4. The summed E-state index contributed by atoms with van der Waals surface area (Å²) in [6.07, 6.45) is 5.51. The molecule has 20 heavy (non-hydrogen) atoms. The van der Waals surface area contributed by atoms with Gasteiger partial charge < -0.3 is 9.62 Å². The highest BCUT2D eigenvalue weighted by Crippen LogP contribution is 2.23. The van der Waals surface area contributed by atoms with Gasteiger partial charge in [0.25, 0.3) is 0 Å². The Morgan fingerprint density at radius 3 is 2.50 bits per heavy atom. The molecule has 0 atom stereocenters. The lowest BCUT2D eigenvalue weighted by Crippen LogP contribution is -2.34. The fraction of sp³-hybridized carbons (Fsp3) is 0.333. The van der Waals surface area contributed by atoms with Crippen LogP contribution in [0.2, 0.25) is 0 Å². The fourth-order valence-corrected chi connectivity index (χ4v) is 2.38. The minimum atomic E-state index is 0.531. The van der Waals surface area contributed by atoms with Crippen molar-refractivity contribution in [1.29, 1.82) is 0 Å². The van der Waals surface area contributed by atoms with Crippen molar-refractivity contribution >= 4 is 13.4 Å². The van der Waals surface area contributed by atoms with Gasteiger partial charge in [-0.25, -0.2) is 4.98 Å². The first-order valence-electron chi connectivity index (χ1n) is 6.98. The van der Waals surface area contributed by atoms with E-state index in [1.54, 1.807) is 0 Å². The van der Waals surface area contributed by atoms with Crippen LogP contribution in [0, 0.1) is 0 Å². The van der Waals surface area contributed by atoms with Crippen LogP contribution < -0.4 is 4.81 Å². The zero-order valence-corrected chi connectivity index (χ0v) is 11.9. The summed E-state index contributed by atoms with van der Waals surface area (Å²) in [6, 6.07) is 8.74. The van der Waals surface area contributed by atoms with Gasteiger partial charge in [0.15, 0.2) is 0 Å². The highest BCUT2D eigenvalue weighted by Gasteiger charge is 2.25. The van der Waals surface area contributed by atoms with Crippen LogP contribution in [0.25, 0.3) is 11.1 Å². The smallest absolute Gasteiger partial charge is 0.353 e. The van der Waals surface area contributed by atoms with Crippen LogP contribution in [0.5, 0.6) is 0 Å². The monoisotopic (exact) mass is 265 g/mol. The van der Waals surface area contributed by atoms with Gasteiger partial charge in [0.2, 0.25) is 0 Å². The third-order valence-electron chi connectivity index (χ3n) is 3.60. The predicted molar refractivity (Wildman–Crippen MR) is 82.4 cm³/mol. The maximum atomic E-state index is 4.49. The van der Waals surface area contributed by atoms with Crippen molar-refractivity contribution in [3.63, 3.8) is 0 Å². The van der Waals surface area contributed by atoms with Crippen molar-refractivity contribution in [2.45, 2.75) is 19.9 Å². The standard InChI is InChI=1S/C15H18BN4/c1-12(2)19-9-10-20(16-19)15-11-14(5-8-18-15)13-3-6-17-7-4-13/h3-8,11-12H,9-10H2,1-2H3. The van der Waals surface area contributed by atoms with E-state index in [1.807, 2.05) is 36.8 Å². The first-order valence-corrected chi connectivity index (χ1v) is 6.98. The third-order valence-corrected chi connectivity index (χ3v) is 3.60. The largest absolute Gasteiger partial charge is 0.388 e. The van der Waals surface area contributed by atoms with Crippen LogP contribution >= 0.6 is 0 Å². The molecule has 0 N–H and O–H groups in total. The highest BCUT2D eigenvalue weighted by atomic mass is 15.3. The van der Waals surface area contributed by atoms with E-state index in [0.29, 0.717) is 6.04 Å². The molecule has 0 amide bonds. The van der Waals surface area contributed by atoms with Crippen molar-refractivity contribution in [1.82, 2.24) is 14.8 Å². The minimum absolute atomic E-state index is 0.531. The van der Waals surface area contributed by atoms with E-state index < -0.39 is 0 Å². The molecule has 101 valence electrons. The van der Waals surface area contributed by atoms with Gasteiger partial charge in [0.1, 0.15) is 5.82 Å². The number of rotatable bonds is 3. The van der Waals surface area contributed by atoms with E-state index in [1.165, 1.54) is 11.1 Å². The van der Waals surface area contributed by atoms with Crippen LogP contribution in [0.1, 0.15) is 13.8 Å². The Bertz CT molecular complexity index is 573. The molecule has 1 aliphatic heterocycles. The summed E-state index contributed by atoms with van der Waals surface area (Å²) < 4.78 is 0. The van der Waals surface area contributed by atoms with E-state index in [4.69, 9.17) is 0 Å². The molecule has 0 unspecified atom stereocenters. The van der Waals surface area contributed by atoms with Gasteiger partial charge in [0.05, 0.1) is 0 Å². The molecule has 1 saturated heterocycles. The van der Waals surface area contributed by atoms with Gasteiger partial charge in [-0.15, -0.1) is 0 Å². The lowest BCUT2D eigenvalue weighted by atomic mass is 10.0. The Labute approximate surface area is 120 Å². The molecule has 2 aromatic rings. The van der Waals surface area contributed by atoms with E-state index in [2.05, 4.69) is 47.1 Å². The summed E-state index contributed by atoms with van der Waals surface area (Å²) >= 11 is 0. The topological polar surface area (TPSA) is 32.3 Å². The second kappa shape index (κ2) is 5.63. The van der Waals surface area contributed by atoms with Crippen molar-refractivity contribution < 1.29 is 0 Å². The highest BCUT2D eigenvalue weighted by molar-refractivity contribution is 6.39. The number of anilines is 1. The number of nitrogens with zero attached hydrogens (tertiary/aromatic N) is 4. The van der Waals surface area contributed by atoms with Gasteiger partial charge in [0, 0.05) is 31.7 Å². The Balaban J connectivity index is 1.82. The Morgan fingerprint density at radius 1 is 1.05 bits per heavy atom. The molecule has 5 heteroatoms. The maximum Gasteiger partial charge on any atom is 0.353 e. The number of hydrogen-bond donors (Lipinski definition) is 0. The number of pyridine rings is 2. The van der Waals surface area contributed by atoms with E-state index in [0.717, 1.165) is 18.9 Å². The predicted octanol–water partition coefficient (Wildman–Crippen LogP) is 2.21. The summed E-state index contributed by atoms with van der Waals surface area (Å²) in [6.45, 7) is 6.46. The van der Waals surface area contributed by atoms with Gasteiger partial charge >= 0.3 is 7.55 Å². The first-order chi connectivity index (χ1) is 9.74. The maximum absolute atomic E-state index is 4.49. The second-order valence-electron chi connectivity index (χ2n) is 5.28. The molecule has 1 aliphatic rings. The quantitative estimate of drug-likeness (QED) is 0.796. The molecule has 0 saturated carbocycles. The van der Waals surface area contributed by atoms with Crippen molar-refractivity contribution in [3.05, 3.63) is 42.9 Å². The molecule has 2 aromatic heterocycles. The Hall–Kier alpha value is -1.88. The number of aromatic nitrogens is 2. The minimum Gasteiger partial charge on any atom is -0.388 e. The van der Waals surface area contributed by atoms with Crippen LogP contribution in [-0.2, 0) is 0 Å². The average molecular weight is 265 g/mol. The van der Waals surface area contributed by atoms with E-state index in [-0.39, 0.29) is 0 Å². The van der Waals surface area contributed by atoms with Crippen molar-refractivity contribution in [2.24, 2.45) is 0 Å². The summed E-state index contributed by atoms with van der Waals surface area (Å²) in [5.74, 6) is 1.00. The van der Waals surface area contributed by atoms with E-state index >= 15 is 0 Å². The number of hydrogen-bond acceptors (Lipinski definition) is 4. The summed E-state index contributed by atoms with van der Waals surface area (Å²) in [5, 5.41) is 0. The molecule has 1 fully saturated rings. The Kier molecular flexibility index (Phi) is 3.69. The summed E-state index contributed by atoms with van der Waals surface area (Å²) in [5.41, 5.74) is 2.34. The fourth-order valence-electron chi connectivity index (χ4n) is 2.38. The molecule has 3 rings (SSSR count). The molecule has 0 aliphatic carbocycles. The average Bonchev–Trinajstić information content (AvgIpc) is 2.98. The lowest BCUT2D eigenvalue weighted by Gasteiger charge is -2.20. The van der Waals surface area contributed by atoms with Crippen molar-refractivity contribution in [2.75, 3.05) is 17.9 Å². The van der Waals surface area contributed by atoms with E-state index in [9.17, 15) is 0 Å². The van der Waals surface area contributed by atoms with Crippen LogP contribution in [0.4, 0.5) is 5.82 Å². The molecule has 0 bridgehead atoms. The van der Waals surface area contributed by atoms with Gasteiger partial charge in [-0.2, -0.15) is 0 Å². The zero-order chi connectivity index (χ0) is 13.9. The molecule has 4 nitrogen and oxygen atoms in total. The zero-order valence-electron chi connectivity index (χ0n) is 11.9. The molecule has 0 aromatic carbocycles. The lowest BCUT2D eigenvalue weighted by molar-refractivity contribution is 0.405. The first kappa shape index (κ1) is 13.1. The second-order valence-corrected chi connectivity index (χ2v) is 5.28. The van der Waals surface area contributed by atoms with Crippen LogP contribution in [-0.4, -0.2) is 41.5 Å². The molecule has 0 spiro atoms. The van der Waals surface area contributed by atoms with Gasteiger partial charge in [-0.1, -0.05) is 13.8 Å². The molecule has 1 radical (unpaired) electrons. The van der Waals surface area contributed by atoms with Gasteiger partial charge in [-0.3, -0.25) is 4.98 Å². The third kappa shape index (κ3) is 2.68. The Morgan fingerprint density at radius 2 is 1.80 bits per heavy atom. The molecule has 3 heterocycles. The SMILES string of the molecule is CC(C)N1[B]N(c2cc(-c3ccncc3)ccn2)CC1. The summed E-state index contributed by atoms with van der Waals surface area (Å²) in [7, 11) is 2.17. The normalized spacial score (nSPS) is 15.7. The summed E-state index contributed by atoms with van der Waals surface area (Å²) in [4.78, 5) is 13.1. The van der Waals surface area contributed by atoms with Crippen LogP contribution in [0.3, 0.4) is 0 Å². The van der Waals surface area contributed by atoms with Gasteiger partial charge in [-0.05, 0) is 41.4 Å². The molecular weight excluding hydrogens is 247 g/mol. The van der Waals surface area contributed by atoms with Crippen LogP contribution in [0.15, 0.2) is 42.9 Å².